The zero-order valence-corrected chi connectivity index (χ0v) is 17.7. The number of nitrogens with zero attached hydrogens (tertiary/aromatic N) is 2. The Labute approximate surface area is 185 Å². The number of hydrogen-bond donors (Lipinski definition) is 6. The van der Waals surface area contributed by atoms with E-state index >= 15 is 0 Å². The van der Waals surface area contributed by atoms with Crippen LogP contribution in [0.1, 0.15) is 5.69 Å². The predicted molar refractivity (Wildman–Crippen MR) is 118 cm³/mol. The average molecular weight is 493 g/mol. The summed E-state index contributed by atoms with van der Waals surface area (Å²) in [5.74, 6) is 0.0718. The second-order valence-electron chi connectivity index (χ2n) is 6.35. The highest BCUT2D eigenvalue weighted by molar-refractivity contribution is 9.10. The Morgan fingerprint density at radius 3 is 2.52 bits per heavy atom. The molecular formula is C18H19BBrFN6O4. The molecule has 13 heteroatoms. The molecule has 10 nitrogen and oxygen atoms in total. The van der Waals surface area contributed by atoms with Crippen molar-refractivity contribution < 1.29 is 23.9 Å². The molecule has 3 rings (SSSR count). The topological polar surface area (TPSA) is 145 Å². The molecule has 0 bridgehead atoms. The summed E-state index contributed by atoms with van der Waals surface area (Å²) < 4.78 is 18.4. The largest absolute Gasteiger partial charge is 0.488 e. The van der Waals surface area contributed by atoms with Gasteiger partial charge in [0.2, 0.25) is 0 Å². The number of anilines is 3. The van der Waals surface area contributed by atoms with Crippen LogP contribution in [0.15, 0.2) is 51.6 Å². The maximum absolute atomic E-state index is 13.3. The van der Waals surface area contributed by atoms with E-state index in [1.54, 1.807) is 24.3 Å². The first-order valence-electron chi connectivity index (χ1n) is 9.17. The lowest BCUT2D eigenvalue weighted by Gasteiger charge is -2.09. The lowest BCUT2D eigenvalue weighted by Crippen LogP contribution is -2.33. The van der Waals surface area contributed by atoms with Gasteiger partial charge in [-0.25, -0.2) is 13.8 Å². The minimum absolute atomic E-state index is 0.296. The molecule has 6 N–H and O–H groups in total. The Balaban J connectivity index is 1.40. The van der Waals surface area contributed by atoms with Crippen molar-refractivity contribution in [2.24, 2.45) is 0 Å². The van der Waals surface area contributed by atoms with Gasteiger partial charge in [-0.2, -0.15) is 0 Å². The zero-order valence-electron chi connectivity index (χ0n) is 16.1. The van der Waals surface area contributed by atoms with Crippen LogP contribution in [0.4, 0.5) is 26.4 Å². The SMILES string of the molecule is O=C(NCCNc1nonc1CNc1ccc(F)c(Br)c1)Nc1ccc(B(O)O)cc1. The summed E-state index contributed by atoms with van der Waals surface area (Å²) in [7, 11) is -1.56. The van der Waals surface area contributed by atoms with E-state index in [1.165, 1.54) is 18.2 Å². The molecule has 0 spiro atoms. The van der Waals surface area contributed by atoms with Crippen molar-refractivity contribution in [3.63, 3.8) is 0 Å². The zero-order chi connectivity index (χ0) is 22.2. The molecule has 1 heterocycles. The fourth-order valence-electron chi connectivity index (χ4n) is 2.52. The van der Waals surface area contributed by atoms with Crippen LogP contribution >= 0.6 is 15.9 Å². The van der Waals surface area contributed by atoms with Crippen molar-refractivity contribution >= 4 is 51.7 Å². The molecule has 0 fully saturated rings. The summed E-state index contributed by atoms with van der Waals surface area (Å²) in [4.78, 5) is 11.9. The summed E-state index contributed by atoms with van der Waals surface area (Å²) in [6, 6.07) is 10.3. The van der Waals surface area contributed by atoms with Crippen molar-refractivity contribution in [3.05, 3.63) is 58.4 Å². The second kappa shape index (κ2) is 10.7. The second-order valence-corrected chi connectivity index (χ2v) is 7.20. The molecule has 0 saturated carbocycles. The smallest absolute Gasteiger partial charge is 0.423 e. The van der Waals surface area contributed by atoms with E-state index in [2.05, 4.69) is 47.5 Å². The number of aromatic nitrogens is 2. The van der Waals surface area contributed by atoms with E-state index in [-0.39, 0.29) is 5.82 Å². The highest BCUT2D eigenvalue weighted by Gasteiger charge is 2.11. The molecule has 3 aromatic rings. The molecule has 0 aliphatic carbocycles. The number of benzene rings is 2. The number of nitrogens with one attached hydrogen (secondary N) is 4. The fraction of sp³-hybridized carbons (Fsp3) is 0.167. The van der Waals surface area contributed by atoms with Crippen LogP contribution in [0.3, 0.4) is 0 Å². The third-order valence-electron chi connectivity index (χ3n) is 4.11. The number of amides is 2. The van der Waals surface area contributed by atoms with Crippen LogP contribution in [-0.4, -0.2) is 46.6 Å². The molecule has 0 aliphatic rings. The van der Waals surface area contributed by atoms with Crippen LogP contribution in [0, 0.1) is 5.82 Å². The van der Waals surface area contributed by atoms with Crippen molar-refractivity contribution in [1.82, 2.24) is 15.6 Å². The van der Waals surface area contributed by atoms with Crippen LogP contribution in [-0.2, 0) is 6.54 Å². The van der Waals surface area contributed by atoms with E-state index in [9.17, 15) is 9.18 Å². The Morgan fingerprint density at radius 2 is 1.81 bits per heavy atom. The molecule has 1 aromatic heterocycles. The van der Waals surface area contributed by atoms with Crippen molar-refractivity contribution in [2.75, 3.05) is 29.0 Å². The van der Waals surface area contributed by atoms with Crippen molar-refractivity contribution in [2.45, 2.75) is 6.54 Å². The fourth-order valence-corrected chi connectivity index (χ4v) is 2.90. The van der Waals surface area contributed by atoms with E-state index in [1.807, 2.05) is 0 Å². The van der Waals surface area contributed by atoms with Crippen LogP contribution in [0.5, 0.6) is 0 Å². The van der Waals surface area contributed by atoms with Gasteiger partial charge in [0.1, 0.15) is 11.5 Å². The first kappa shape index (κ1) is 22.5. The molecule has 2 aromatic carbocycles. The molecule has 0 radical (unpaired) electrons. The van der Waals surface area contributed by atoms with Crippen LogP contribution in [0.2, 0.25) is 0 Å². The lowest BCUT2D eigenvalue weighted by atomic mass is 9.80. The van der Waals surface area contributed by atoms with Crippen LogP contribution < -0.4 is 26.7 Å². The van der Waals surface area contributed by atoms with E-state index < -0.39 is 13.1 Å². The predicted octanol–water partition coefficient (Wildman–Crippen LogP) is 1.50. The van der Waals surface area contributed by atoms with Gasteiger partial charge >= 0.3 is 13.1 Å². The number of carbonyl (C=O) groups is 1. The van der Waals surface area contributed by atoms with Gasteiger partial charge in [-0.3, -0.25) is 0 Å². The number of carbonyl (C=O) groups excluding carboxylic acids is 1. The highest BCUT2D eigenvalue weighted by atomic mass is 79.9. The summed E-state index contributed by atoms with van der Waals surface area (Å²) in [5, 5.41) is 37.2. The minimum Gasteiger partial charge on any atom is -0.423 e. The standard InChI is InChI=1S/C18H19BBrFN6O4/c20-14-9-13(5-6-15(14)21)24-10-16-17(27-31-26-16)22-7-8-23-18(28)25-12-3-1-11(2-4-12)19(29)30/h1-6,9,24,29-30H,7-8,10H2,(H,22,27)(H2,23,25,28). The highest BCUT2D eigenvalue weighted by Crippen LogP contribution is 2.21. The molecule has 31 heavy (non-hydrogen) atoms. The summed E-state index contributed by atoms with van der Waals surface area (Å²) in [6.07, 6.45) is 0. The van der Waals surface area contributed by atoms with Gasteiger partial charge in [-0.1, -0.05) is 17.3 Å². The third-order valence-corrected chi connectivity index (χ3v) is 4.71. The maximum Gasteiger partial charge on any atom is 0.488 e. The van der Waals surface area contributed by atoms with Gasteiger partial charge in [-0.15, -0.1) is 0 Å². The van der Waals surface area contributed by atoms with Crippen molar-refractivity contribution in [1.29, 1.82) is 0 Å². The number of halogens is 2. The molecule has 0 atom stereocenters. The van der Waals surface area contributed by atoms with Gasteiger partial charge in [0.15, 0.2) is 5.82 Å². The van der Waals surface area contributed by atoms with E-state index in [4.69, 9.17) is 14.7 Å². The lowest BCUT2D eigenvalue weighted by molar-refractivity contribution is 0.252. The number of urea groups is 1. The number of rotatable bonds is 9. The van der Waals surface area contributed by atoms with Crippen LogP contribution in [0.25, 0.3) is 0 Å². The first-order valence-corrected chi connectivity index (χ1v) is 9.97. The van der Waals surface area contributed by atoms with Crippen molar-refractivity contribution in [3.8, 4) is 0 Å². The Bertz CT molecular complexity index is 1020. The van der Waals surface area contributed by atoms with Gasteiger partial charge in [-0.05, 0) is 56.9 Å². The van der Waals surface area contributed by atoms with E-state index in [0.717, 1.165) is 0 Å². The Morgan fingerprint density at radius 1 is 1.06 bits per heavy atom. The monoisotopic (exact) mass is 492 g/mol. The summed E-state index contributed by atoms with van der Waals surface area (Å²) in [5.41, 5.74) is 2.06. The average Bonchev–Trinajstić information content (AvgIpc) is 3.20. The molecule has 0 aliphatic heterocycles. The molecule has 2 amide bonds. The normalized spacial score (nSPS) is 10.5. The third kappa shape index (κ3) is 6.67. The Kier molecular flexibility index (Phi) is 7.81. The van der Waals surface area contributed by atoms with Gasteiger partial charge in [0, 0.05) is 24.5 Å². The summed E-state index contributed by atoms with van der Waals surface area (Å²) >= 11 is 3.13. The van der Waals surface area contributed by atoms with Gasteiger partial charge < -0.3 is 31.3 Å². The molecule has 0 unspecified atom stereocenters. The maximum atomic E-state index is 13.3. The van der Waals surface area contributed by atoms with Gasteiger partial charge in [0.25, 0.3) is 0 Å². The van der Waals surface area contributed by atoms with Gasteiger partial charge in [0.05, 0.1) is 11.0 Å². The number of hydrogen-bond acceptors (Lipinski definition) is 8. The minimum atomic E-state index is -1.56. The molecule has 162 valence electrons. The molecular weight excluding hydrogens is 474 g/mol. The molecule has 0 saturated heterocycles. The van der Waals surface area contributed by atoms with E-state index in [0.29, 0.717) is 52.5 Å². The summed E-state index contributed by atoms with van der Waals surface area (Å²) in [6.45, 7) is 0.965. The Hall–Kier alpha value is -3.16. The quantitative estimate of drug-likeness (QED) is 0.195. The first-order chi connectivity index (χ1) is 14.9.